The zero-order chi connectivity index (χ0) is 15.6. The van der Waals surface area contributed by atoms with Crippen LogP contribution in [0.5, 0.6) is 0 Å². The van der Waals surface area contributed by atoms with Gasteiger partial charge in [0.25, 0.3) is 0 Å². The minimum Gasteiger partial charge on any atom is -0.333 e. The largest absolute Gasteiger partial charge is 0.333 e. The van der Waals surface area contributed by atoms with Gasteiger partial charge in [0, 0.05) is 4.47 Å². The molecule has 0 radical (unpaired) electrons. The van der Waals surface area contributed by atoms with Crippen molar-refractivity contribution >= 4 is 44.7 Å². The van der Waals surface area contributed by atoms with Crippen molar-refractivity contribution in [2.75, 3.05) is 5.32 Å². The average Bonchev–Trinajstić information content (AvgIpc) is 2.37. The van der Waals surface area contributed by atoms with Crippen LogP contribution >= 0.6 is 27.5 Å². The van der Waals surface area contributed by atoms with Gasteiger partial charge < -0.3 is 5.32 Å². The van der Waals surface area contributed by atoms with E-state index in [1.807, 2.05) is 6.07 Å². The first-order valence-electron chi connectivity index (χ1n) is 5.57. The molecule has 2 aromatic rings. The molecule has 0 aliphatic rings. The molecule has 9 heteroatoms. The lowest BCUT2D eigenvalue weighted by Gasteiger charge is -2.09. The highest BCUT2D eigenvalue weighted by Gasteiger charge is 2.22. The second kappa shape index (κ2) is 6.03. The number of nitro groups is 1. The Kier molecular flexibility index (Phi) is 4.35. The number of nitrogens with zero attached hydrogens (tertiary/aromatic N) is 4. The van der Waals surface area contributed by atoms with E-state index in [0.29, 0.717) is 15.7 Å². The Morgan fingerprint density at radius 3 is 2.81 bits per heavy atom. The van der Waals surface area contributed by atoms with Crippen LogP contribution in [0.2, 0.25) is 5.28 Å². The molecule has 21 heavy (non-hydrogen) atoms. The molecule has 1 aromatic heterocycles. The minimum absolute atomic E-state index is 0.0629. The molecule has 0 amide bonds. The van der Waals surface area contributed by atoms with Crippen molar-refractivity contribution < 1.29 is 4.92 Å². The summed E-state index contributed by atoms with van der Waals surface area (Å²) in [5.74, 6) is -0.0629. The third-order valence-corrected chi connectivity index (χ3v) is 3.23. The van der Waals surface area contributed by atoms with Crippen LogP contribution in [0.3, 0.4) is 0 Å². The van der Waals surface area contributed by atoms with Gasteiger partial charge in [-0.1, -0.05) is 15.9 Å². The van der Waals surface area contributed by atoms with Gasteiger partial charge in [-0.2, -0.15) is 10.2 Å². The van der Waals surface area contributed by atoms with E-state index in [1.165, 1.54) is 6.92 Å². The molecular formula is C12H7BrClN5O2. The number of halogens is 2. The van der Waals surface area contributed by atoms with Crippen LogP contribution < -0.4 is 5.32 Å². The fourth-order valence-corrected chi connectivity index (χ4v) is 2.26. The molecule has 0 atom stereocenters. The molecule has 1 heterocycles. The lowest BCUT2D eigenvalue weighted by Crippen LogP contribution is -2.05. The van der Waals surface area contributed by atoms with Crippen LogP contribution in [0.15, 0.2) is 22.7 Å². The topological polar surface area (TPSA) is 105 Å². The van der Waals surface area contributed by atoms with Gasteiger partial charge in [0.2, 0.25) is 11.1 Å². The summed E-state index contributed by atoms with van der Waals surface area (Å²) in [6, 6.07) is 6.88. The first-order valence-corrected chi connectivity index (χ1v) is 6.74. The van der Waals surface area contributed by atoms with Crippen LogP contribution in [0.25, 0.3) is 0 Å². The highest BCUT2D eigenvalue weighted by atomic mass is 79.9. The summed E-state index contributed by atoms with van der Waals surface area (Å²) in [6.45, 7) is 1.46. The van der Waals surface area contributed by atoms with E-state index in [0.717, 1.165) is 0 Å². The van der Waals surface area contributed by atoms with E-state index in [-0.39, 0.29) is 22.5 Å². The van der Waals surface area contributed by atoms with Gasteiger partial charge in [-0.25, -0.2) is 4.98 Å². The number of benzene rings is 1. The number of nitrogens with one attached hydrogen (secondary N) is 1. The first kappa shape index (κ1) is 15.2. The molecule has 0 unspecified atom stereocenters. The third-order valence-electron chi connectivity index (χ3n) is 2.57. The maximum absolute atomic E-state index is 11.1. The second-order valence-corrected chi connectivity index (χ2v) is 5.21. The van der Waals surface area contributed by atoms with Gasteiger partial charge in [0.05, 0.1) is 16.2 Å². The van der Waals surface area contributed by atoms with E-state index in [2.05, 4.69) is 31.2 Å². The van der Waals surface area contributed by atoms with Gasteiger partial charge in [0.1, 0.15) is 11.8 Å². The fourth-order valence-electron chi connectivity index (χ4n) is 1.68. The van der Waals surface area contributed by atoms with Gasteiger partial charge in [-0.15, -0.1) is 0 Å². The van der Waals surface area contributed by atoms with Crippen molar-refractivity contribution in [1.82, 2.24) is 9.97 Å². The lowest BCUT2D eigenvalue weighted by atomic mass is 10.2. The molecule has 1 aromatic carbocycles. The zero-order valence-corrected chi connectivity index (χ0v) is 12.9. The summed E-state index contributed by atoms with van der Waals surface area (Å²) in [5.41, 5.74) is 0.545. The van der Waals surface area contributed by atoms with Crippen LogP contribution in [-0.4, -0.2) is 14.9 Å². The van der Waals surface area contributed by atoms with E-state index >= 15 is 0 Å². The molecule has 0 spiro atoms. The summed E-state index contributed by atoms with van der Waals surface area (Å²) < 4.78 is 0.712. The number of hydrogen-bond donors (Lipinski definition) is 1. The van der Waals surface area contributed by atoms with Crippen molar-refractivity contribution in [2.45, 2.75) is 6.92 Å². The number of aromatic nitrogens is 2. The molecular weight excluding hydrogens is 362 g/mol. The maximum atomic E-state index is 11.1. The Morgan fingerprint density at radius 2 is 2.19 bits per heavy atom. The highest BCUT2D eigenvalue weighted by Crippen LogP contribution is 2.31. The van der Waals surface area contributed by atoms with E-state index < -0.39 is 4.92 Å². The Balaban J connectivity index is 2.57. The number of hydrogen-bond acceptors (Lipinski definition) is 6. The highest BCUT2D eigenvalue weighted by molar-refractivity contribution is 9.10. The number of anilines is 2. The van der Waals surface area contributed by atoms with Gasteiger partial charge in [-0.05, 0) is 36.7 Å². The lowest BCUT2D eigenvalue weighted by molar-refractivity contribution is -0.385. The molecule has 0 aliphatic carbocycles. The molecule has 0 aliphatic heterocycles. The second-order valence-electron chi connectivity index (χ2n) is 3.96. The average molecular weight is 369 g/mol. The summed E-state index contributed by atoms with van der Waals surface area (Å²) >= 11 is 9.01. The summed E-state index contributed by atoms with van der Waals surface area (Å²) in [4.78, 5) is 18.1. The molecule has 1 N–H and O–H groups in total. The standard InChI is InChI=1S/C12H7BrClN5O2/c1-6-10(19(20)21)11(18-12(14)16-6)17-9-4-8(13)3-2-7(9)5-15/h2-4H,1H3,(H,16,17,18). The number of aryl methyl sites for hydroxylation is 1. The Labute approximate surface area is 132 Å². The van der Waals surface area contributed by atoms with Crippen molar-refractivity contribution in [2.24, 2.45) is 0 Å². The van der Waals surface area contributed by atoms with Gasteiger partial charge in [0.15, 0.2) is 0 Å². The number of nitriles is 1. The minimum atomic E-state index is -0.599. The molecule has 0 bridgehead atoms. The van der Waals surface area contributed by atoms with E-state index in [9.17, 15) is 10.1 Å². The Morgan fingerprint density at radius 1 is 1.48 bits per heavy atom. The van der Waals surface area contributed by atoms with E-state index in [1.54, 1.807) is 18.2 Å². The molecule has 106 valence electrons. The van der Waals surface area contributed by atoms with Gasteiger partial charge in [-0.3, -0.25) is 10.1 Å². The summed E-state index contributed by atoms with van der Waals surface area (Å²) in [7, 11) is 0. The van der Waals surface area contributed by atoms with Crippen LogP contribution in [0.4, 0.5) is 17.2 Å². The zero-order valence-electron chi connectivity index (χ0n) is 10.6. The normalized spacial score (nSPS) is 10.0. The van der Waals surface area contributed by atoms with Crippen LogP contribution in [0.1, 0.15) is 11.3 Å². The van der Waals surface area contributed by atoms with Crippen LogP contribution in [0, 0.1) is 28.4 Å². The molecule has 0 fully saturated rings. The van der Waals surface area contributed by atoms with E-state index in [4.69, 9.17) is 16.9 Å². The third kappa shape index (κ3) is 3.26. The smallest absolute Gasteiger partial charge is 0.332 e. The predicted octanol–water partition coefficient (Wildman–Crippen LogP) is 3.72. The fraction of sp³-hybridized carbons (Fsp3) is 0.0833. The Hall–Kier alpha value is -2.24. The Bertz CT molecular complexity index is 775. The SMILES string of the molecule is Cc1nc(Cl)nc(Nc2cc(Br)ccc2C#N)c1[N+](=O)[O-]. The van der Waals surface area contributed by atoms with Gasteiger partial charge >= 0.3 is 5.69 Å². The van der Waals surface area contributed by atoms with Crippen molar-refractivity contribution in [1.29, 1.82) is 5.26 Å². The summed E-state index contributed by atoms with van der Waals surface area (Å²) in [5, 5.41) is 22.9. The van der Waals surface area contributed by atoms with Crippen molar-refractivity contribution in [3.63, 3.8) is 0 Å². The quantitative estimate of drug-likeness (QED) is 0.503. The predicted molar refractivity (Wildman–Crippen MR) is 80.6 cm³/mol. The molecule has 0 saturated heterocycles. The molecule has 7 nitrogen and oxygen atoms in total. The maximum Gasteiger partial charge on any atom is 0.332 e. The number of rotatable bonds is 3. The van der Waals surface area contributed by atoms with Crippen molar-refractivity contribution in [3.05, 3.63) is 49.3 Å². The first-order chi connectivity index (χ1) is 9.92. The van der Waals surface area contributed by atoms with Crippen LogP contribution in [-0.2, 0) is 0 Å². The van der Waals surface area contributed by atoms with Crippen molar-refractivity contribution in [3.8, 4) is 6.07 Å². The molecule has 0 saturated carbocycles. The summed E-state index contributed by atoms with van der Waals surface area (Å²) in [6.07, 6.45) is 0. The monoisotopic (exact) mass is 367 g/mol. The molecule has 2 rings (SSSR count).